The third-order valence-corrected chi connectivity index (χ3v) is 6.37. The summed E-state index contributed by atoms with van der Waals surface area (Å²) in [5.74, 6) is 2.55. The molecule has 0 saturated carbocycles. The van der Waals surface area contributed by atoms with Gasteiger partial charge in [0.2, 0.25) is 0 Å². The van der Waals surface area contributed by atoms with Crippen LogP contribution in [0, 0.1) is 0 Å². The lowest BCUT2D eigenvalue weighted by molar-refractivity contribution is 0.0497. The van der Waals surface area contributed by atoms with Crippen LogP contribution in [0.5, 0.6) is 23.0 Å². The van der Waals surface area contributed by atoms with Crippen molar-refractivity contribution in [3.63, 3.8) is 0 Å². The van der Waals surface area contributed by atoms with E-state index < -0.39 is 32.0 Å². The molecule has 6 rings (SSSR count). The highest BCUT2D eigenvalue weighted by atomic mass is 16.6. The number of hydrogen-bond acceptors (Lipinski definition) is 11. The Bertz CT molecular complexity index is 1220. The lowest BCUT2D eigenvalue weighted by Crippen LogP contribution is -2.35. The van der Waals surface area contributed by atoms with E-state index >= 15 is 0 Å². The summed E-state index contributed by atoms with van der Waals surface area (Å²) >= 11 is 0. The van der Waals surface area contributed by atoms with Crippen molar-refractivity contribution in [2.24, 2.45) is 5.73 Å². The summed E-state index contributed by atoms with van der Waals surface area (Å²) in [7, 11) is -1.97. The standard InChI is InChI=1S/C15H20BNO6.C10H12BNO4/c1-15(2,3)22-14(18)17-8-11-12-9(16(19)23-11)4-5-10-13(12)21-7-6-20-10;12-5-8-9-6(11(13)16-8)1-2-7-10(9)15-4-3-14-7/h4-5,11,19H,6-8H2,1-3H3,(H,17,18);1-2,8,13H,3-5,12H2. The number of ether oxygens (including phenoxy) is 5. The molecule has 14 heteroatoms. The summed E-state index contributed by atoms with van der Waals surface area (Å²) in [5.41, 5.74) is 7.93. The molecule has 0 fully saturated rings. The number of hydrogen-bond donors (Lipinski definition) is 4. The van der Waals surface area contributed by atoms with Crippen molar-refractivity contribution in [2.75, 3.05) is 39.5 Å². The van der Waals surface area contributed by atoms with E-state index in [-0.39, 0.29) is 12.6 Å². The maximum absolute atomic E-state index is 11.8. The van der Waals surface area contributed by atoms with Gasteiger partial charge in [-0.2, -0.15) is 0 Å². The molecule has 2 aromatic carbocycles. The van der Waals surface area contributed by atoms with Gasteiger partial charge in [0, 0.05) is 24.2 Å². The molecule has 0 aromatic heterocycles. The number of carbonyl (C=O) groups is 1. The lowest BCUT2D eigenvalue weighted by atomic mass is 9.79. The molecular weight excluding hydrogens is 510 g/mol. The minimum atomic E-state index is -1.05. The first-order chi connectivity index (χ1) is 18.7. The molecule has 2 aromatic rings. The van der Waals surface area contributed by atoms with Gasteiger partial charge in [0.25, 0.3) is 0 Å². The predicted molar refractivity (Wildman–Crippen MR) is 141 cm³/mol. The maximum atomic E-state index is 11.8. The van der Waals surface area contributed by atoms with E-state index in [1.165, 1.54) is 0 Å². The van der Waals surface area contributed by atoms with E-state index in [0.717, 1.165) is 11.0 Å². The number of carbonyl (C=O) groups excluding carboxylic acids is 1. The monoisotopic (exact) mass is 542 g/mol. The van der Waals surface area contributed by atoms with Crippen molar-refractivity contribution in [3.8, 4) is 23.0 Å². The summed E-state index contributed by atoms with van der Waals surface area (Å²) in [6.45, 7) is 7.82. The molecule has 4 aliphatic rings. The molecule has 0 bridgehead atoms. The smallest absolute Gasteiger partial charge is 0.486 e. The number of nitrogens with two attached hydrogens (primary N) is 1. The Kier molecular flexibility index (Phi) is 7.83. The van der Waals surface area contributed by atoms with Crippen molar-refractivity contribution < 1.29 is 47.8 Å². The molecule has 0 aliphatic carbocycles. The van der Waals surface area contributed by atoms with Gasteiger partial charge in [-0.3, -0.25) is 0 Å². The normalized spacial score (nSPS) is 20.5. The zero-order chi connectivity index (χ0) is 27.7. The van der Waals surface area contributed by atoms with E-state index in [4.69, 9.17) is 38.7 Å². The summed E-state index contributed by atoms with van der Waals surface area (Å²) < 4.78 is 38.3. The van der Waals surface area contributed by atoms with Crippen molar-refractivity contribution in [1.82, 2.24) is 5.32 Å². The number of alkyl carbamates (subject to hydrolysis) is 1. The number of rotatable bonds is 3. The van der Waals surface area contributed by atoms with Crippen molar-refractivity contribution in [2.45, 2.75) is 38.6 Å². The third-order valence-electron chi connectivity index (χ3n) is 6.37. The van der Waals surface area contributed by atoms with Crippen LogP contribution >= 0.6 is 0 Å². The summed E-state index contributed by atoms with van der Waals surface area (Å²) in [6.07, 6.45) is -1.38. The first-order valence-corrected chi connectivity index (χ1v) is 12.8. The van der Waals surface area contributed by atoms with Crippen LogP contribution in [0.4, 0.5) is 4.79 Å². The van der Waals surface area contributed by atoms with Crippen LogP contribution in [0.25, 0.3) is 0 Å². The van der Waals surface area contributed by atoms with Gasteiger partial charge in [0.1, 0.15) is 32.0 Å². The zero-order valence-electron chi connectivity index (χ0n) is 22.1. The summed E-state index contributed by atoms with van der Waals surface area (Å²) in [4.78, 5) is 11.8. The Balaban J connectivity index is 0.000000168. The number of fused-ring (bicyclic) bond motifs is 6. The summed E-state index contributed by atoms with van der Waals surface area (Å²) in [6, 6.07) is 7.09. The molecule has 0 radical (unpaired) electrons. The fraction of sp³-hybridized carbons (Fsp3) is 0.480. The predicted octanol–water partition coefficient (Wildman–Crippen LogP) is -0.0834. The maximum Gasteiger partial charge on any atom is 0.492 e. The highest BCUT2D eigenvalue weighted by Gasteiger charge is 2.40. The molecule has 0 spiro atoms. The first kappa shape index (κ1) is 27.4. The largest absolute Gasteiger partial charge is 0.492 e. The topological polar surface area (TPSA) is 160 Å². The third kappa shape index (κ3) is 5.75. The van der Waals surface area contributed by atoms with Crippen LogP contribution in [0.1, 0.15) is 44.1 Å². The average Bonchev–Trinajstić information content (AvgIpc) is 3.43. The lowest BCUT2D eigenvalue weighted by Gasteiger charge is -2.24. The van der Waals surface area contributed by atoms with E-state index in [0.29, 0.717) is 67.0 Å². The Morgan fingerprint density at radius 3 is 1.90 bits per heavy atom. The molecule has 1 amide bonds. The second kappa shape index (κ2) is 11.1. The Morgan fingerprint density at radius 1 is 0.897 bits per heavy atom. The number of benzene rings is 2. The molecule has 4 heterocycles. The van der Waals surface area contributed by atoms with Crippen LogP contribution in [0.3, 0.4) is 0 Å². The Morgan fingerprint density at radius 2 is 1.38 bits per heavy atom. The fourth-order valence-corrected chi connectivity index (χ4v) is 4.81. The molecular formula is C25H32B2N2O10. The minimum Gasteiger partial charge on any atom is -0.486 e. The number of amides is 1. The second-order valence-electron chi connectivity index (χ2n) is 10.3. The van der Waals surface area contributed by atoms with Gasteiger partial charge < -0.3 is 54.1 Å². The molecule has 2 atom stereocenters. The van der Waals surface area contributed by atoms with Crippen LogP contribution in [-0.4, -0.2) is 75.5 Å². The van der Waals surface area contributed by atoms with Gasteiger partial charge in [0.15, 0.2) is 23.0 Å². The van der Waals surface area contributed by atoms with Gasteiger partial charge >= 0.3 is 20.3 Å². The molecule has 12 nitrogen and oxygen atoms in total. The van der Waals surface area contributed by atoms with Gasteiger partial charge in [-0.25, -0.2) is 4.79 Å². The second-order valence-corrected chi connectivity index (χ2v) is 10.3. The van der Waals surface area contributed by atoms with Gasteiger partial charge in [-0.15, -0.1) is 0 Å². The molecule has 4 aliphatic heterocycles. The molecule has 2 unspecified atom stereocenters. The average molecular weight is 542 g/mol. The zero-order valence-corrected chi connectivity index (χ0v) is 22.1. The number of nitrogens with one attached hydrogen (secondary N) is 1. The van der Waals surface area contributed by atoms with Crippen molar-refractivity contribution in [1.29, 1.82) is 0 Å². The summed E-state index contributed by atoms with van der Waals surface area (Å²) in [5, 5.41) is 22.4. The Hall–Kier alpha value is -3.16. The van der Waals surface area contributed by atoms with Crippen molar-refractivity contribution in [3.05, 3.63) is 35.4 Å². The van der Waals surface area contributed by atoms with E-state index in [9.17, 15) is 14.8 Å². The van der Waals surface area contributed by atoms with Crippen LogP contribution in [0.2, 0.25) is 0 Å². The Labute approximate surface area is 226 Å². The van der Waals surface area contributed by atoms with E-state index in [1.54, 1.807) is 45.0 Å². The highest BCUT2D eigenvalue weighted by molar-refractivity contribution is 6.62. The van der Waals surface area contributed by atoms with E-state index in [1.807, 2.05) is 0 Å². The molecule has 5 N–H and O–H groups in total. The highest BCUT2D eigenvalue weighted by Crippen LogP contribution is 2.41. The fourth-order valence-electron chi connectivity index (χ4n) is 4.81. The molecule has 39 heavy (non-hydrogen) atoms. The van der Waals surface area contributed by atoms with Crippen LogP contribution < -0.4 is 40.9 Å². The van der Waals surface area contributed by atoms with Gasteiger partial charge in [0.05, 0.1) is 12.2 Å². The quantitative estimate of drug-likeness (QED) is 0.384. The van der Waals surface area contributed by atoms with E-state index in [2.05, 4.69) is 5.32 Å². The SMILES string of the molecule is CC(C)(C)OC(=O)NCC1OB(O)c2ccc3c(c21)OCCO3.NCC1OB(O)c2ccc3c(c21)OCCO3. The van der Waals surface area contributed by atoms with Gasteiger partial charge in [-0.05, 0) is 43.8 Å². The van der Waals surface area contributed by atoms with Crippen LogP contribution in [-0.2, 0) is 14.0 Å². The minimum absolute atomic E-state index is 0.165. The van der Waals surface area contributed by atoms with Gasteiger partial charge in [-0.1, -0.05) is 12.1 Å². The van der Waals surface area contributed by atoms with Crippen LogP contribution in [0.15, 0.2) is 24.3 Å². The molecule has 0 saturated heterocycles. The molecule has 208 valence electrons. The first-order valence-electron chi connectivity index (χ1n) is 12.8. The van der Waals surface area contributed by atoms with Crippen molar-refractivity contribution >= 4 is 31.3 Å².